The first-order chi connectivity index (χ1) is 12.8. The van der Waals surface area contributed by atoms with Crippen molar-refractivity contribution in [3.8, 4) is 5.75 Å². The van der Waals surface area contributed by atoms with E-state index in [2.05, 4.69) is 22.8 Å². The van der Waals surface area contributed by atoms with E-state index < -0.39 is 0 Å². The second-order valence-electron chi connectivity index (χ2n) is 6.29. The predicted octanol–water partition coefficient (Wildman–Crippen LogP) is 1.47. The Balaban J connectivity index is 1.37. The van der Waals surface area contributed by atoms with Gasteiger partial charge in [-0.2, -0.15) is 0 Å². The molecule has 1 aliphatic heterocycles. The number of ether oxygens (including phenoxy) is 2. The molecule has 1 heterocycles. The molecule has 2 aromatic rings. The summed E-state index contributed by atoms with van der Waals surface area (Å²) in [4.78, 5) is 1.56. The smallest absolute Gasteiger partial charge is 0.170 e. The summed E-state index contributed by atoms with van der Waals surface area (Å²) in [7, 11) is 0. The van der Waals surface area contributed by atoms with Gasteiger partial charge in [-0.3, -0.25) is 0 Å². The zero-order chi connectivity index (χ0) is 18.0. The lowest BCUT2D eigenvalue weighted by Gasteiger charge is -2.24. The predicted molar refractivity (Wildman–Crippen MR) is 108 cm³/mol. The first kappa shape index (κ1) is 18.6. The molecule has 26 heavy (non-hydrogen) atoms. The molecule has 1 fully saturated rings. The largest absolute Gasteiger partial charge is 0.489 e. The van der Waals surface area contributed by atoms with Gasteiger partial charge in [0.2, 0.25) is 0 Å². The van der Waals surface area contributed by atoms with E-state index in [1.807, 2.05) is 42.5 Å². The number of thiocarbonyl (C=S) groups is 1. The lowest BCUT2D eigenvalue weighted by molar-refractivity contribution is -0.906. The molecule has 5 nitrogen and oxygen atoms in total. The van der Waals surface area contributed by atoms with Gasteiger partial charge in [0.25, 0.3) is 0 Å². The molecule has 138 valence electrons. The Kier molecular flexibility index (Phi) is 7.25. The molecule has 6 heteroatoms. The fourth-order valence-electron chi connectivity index (χ4n) is 2.81. The standard InChI is InChI=1S/C20H25N3O2S/c26-20(21-10-11-23-12-14-24-15-13-23)22-18-6-8-19(9-7-18)25-16-17-4-2-1-3-5-17/h1-9H,10-16H2,(H2,21,22,26)/p+1. The minimum absolute atomic E-state index is 0.567. The highest BCUT2D eigenvalue weighted by Crippen LogP contribution is 2.17. The van der Waals surface area contributed by atoms with Crippen molar-refractivity contribution in [3.63, 3.8) is 0 Å². The monoisotopic (exact) mass is 372 g/mol. The van der Waals surface area contributed by atoms with Crippen LogP contribution in [0, 0.1) is 0 Å². The molecule has 0 unspecified atom stereocenters. The summed E-state index contributed by atoms with van der Waals surface area (Å²) in [5.74, 6) is 0.842. The summed E-state index contributed by atoms with van der Waals surface area (Å²) < 4.78 is 11.2. The van der Waals surface area contributed by atoms with E-state index in [-0.39, 0.29) is 0 Å². The van der Waals surface area contributed by atoms with Crippen LogP contribution in [0.1, 0.15) is 5.56 Å². The van der Waals surface area contributed by atoms with Crippen LogP contribution in [0.5, 0.6) is 5.75 Å². The highest BCUT2D eigenvalue weighted by Gasteiger charge is 2.12. The zero-order valence-electron chi connectivity index (χ0n) is 14.9. The van der Waals surface area contributed by atoms with Crippen LogP contribution in [0.4, 0.5) is 5.69 Å². The minimum atomic E-state index is 0.567. The topological polar surface area (TPSA) is 47.0 Å². The Morgan fingerprint density at radius 2 is 1.77 bits per heavy atom. The van der Waals surface area contributed by atoms with E-state index in [0.29, 0.717) is 11.7 Å². The molecule has 0 aliphatic carbocycles. The van der Waals surface area contributed by atoms with Crippen molar-refractivity contribution in [2.24, 2.45) is 0 Å². The van der Waals surface area contributed by atoms with E-state index in [1.165, 1.54) is 0 Å². The molecule has 0 bridgehead atoms. The fraction of sp³-hybridized carbons (Fsp3) is 0.350. The number of benzene rings is 2. The summed E-state index contributed by atoms with van der Waals surface area (Å²) in [5, 5.41) is 7.13. The molecule has 0 saturated carbocycles. The molecule has 1 aliphatic rings. The van der Waals surface area contributed by atoms with Crippen LogP contribution in [0.2, 0.25) is 0 Å². The van der Waals surface area contributed by atoms with E-state index >= 15 is 0 Å². The highest BCUT2D eigenvalue weighted by molar-refractivity contribution is 7.80. The van der Waals surface area contributed by atoms with Gasteiger partial charge in [-0.05, 0) is 42.0 Å². The van der Waals surface area contributed by atoms with Crippen molar-refractivity contribution in [2.75, 3.05) is 44.7 Å². The Morgan fingerprint density at radius 1 is 1.04 bits per heavy atom. The maximum atomic E-state index is 5.79. The van der Waals surface area contributed by atoms with E-state index in [9.17, 15) is 0 Å². The second kappa shape index (κ2) is 10.1. The van der Waals surface area contributed by atoms with Crippen molar-refractivity contribution >= 4 is 23.0 Å². The third-order valence-corrected chi connectivity index (χ3v) is 4.57. The highest BCUT2D eigenvalue weighted by atomic mass is 32.1. The molecule has 0 atom stereocenters. The van der Waals surface area contributed by atoms with Gasteiger partial charge in [-0.15, -0.1) is 0 Å². The number of nitrogens with one attached hydrogen (secondary N) is 3. The number of anilines is 1. The van der Waals surface area contributed by atoms with E-state index in [1.54, 1.807) is 4.90 Å². The van der Waals surface area contributed by atoms with E-state index in [4.69, 9.17) is 21.7 Å². The van der Waals surface area contributed by atoms with Crippen molar-refractivity contribution in [1.82, 2.24) is 5.32 Å². The zero-order valence-corrected chi connectivity index (χ0v) is 15.7. The lowest BCUT2D eigenvalue weighted by Crippen LogP contribution is -3.14. The third kappa shape index (κ3) is 6.29. The van der Waals surface area contributed by atoms with Gasteiger partial charge < -0.3 is 25.0 Å². The first-order valence-corrected chi connectivity index (χ1v) is 9.43. The summed E-state index contributed by atoms with van der Waals surface area (Å²) in [6, 6.07) is 18.0. The normalized spacial score (nSPS) is 14.6. The Morgan fingerprint density at radius 3 is 2.50 bits per heavy atom. The molecule has 2 aromatic carbocycles. The molecule has 0 aromatic heterocycles. The van der Waals surface area contributed by atoms with Crippen LogP contribution in [-0.4, -0.2) is 44.5 Å². The fourth-order valence-corrected chi connectivity index (χ4v) is 3.03. The summed E-state index contributed by atoms with van der Waals surface area (Å²) in [5.41, 5.74) is 2.11. The van der Waals surface area contributed by atoms with Crippen molar-refractivity contribution in [3.05, 3.63) is 60.2 Å². The van der Waals surface area contributed by atoms with Gasteiger partial charge >= 0.3 is 0 Å². The summed E-state index contributed by atoms with van der Waals surface area (Å²) >= 11 is 5.36. The SMILES string of the molecule is S=C(NCC[NH+]1CCOCC1)Nc1ccc(OCc2ccccc2)cc1. The van der Waals surface area contributed by atoms with Gasteiger partial charge in [0.1, 0.15) is 25.4 Å². The average molecular weight is 373 g/mol. The number of morpholine rings is 1. The number of quaternary nitrogens is 1. The maximum Gasteiger partial charge on any atom is 0.170 e. The molecule has 3 rings (SSSR count). The molecule has 0 spiro atoms. The summed E-state index contributed by atoms with van der Waals surface area (Å²) in [6.45, 7) is 6.35. The maximum absolute atomic E-state index is 5.79. The molecule has 0 radical (unpaired) electrons. The first-order valence-electron chi connectivity index (χ1n) is 9.02. The Bertz CT molecular complexity index is 673. The van der Waals surface area contributed by atoms with Crippen LogP contribution < -0.4 is 20.3 Å². The third-order valence-electron chi connectivity index (χ3n) is 4.32. The average Bonchev–Trinajstić information content (AvgIpc) is 2.69. The molecule has 1 saturated heterocycles. The van der Waals surface area contributed by atoms with Crippen molar-refractivity contribution in [1.29, 1.82) is 0 Å². The quantitative estimate of drug-likeness (QED) is 0.643. The van der Waals surface area contributed by atoms with Gasteiger partial charge in [0, 0.05) is 5.69 Å². The molecule has 3 N–H and O–H groups in total. The Labute approximate surface area is 160 Å². The molecule has 0 amide bonds. The minimum Gasteiger partial charge on any atom is -0.489 e. The second-order valence-corrected chi connectivity index (χ2v) is 6.70. The number of rotatable bonds is 7. The van der Waals surface area contributed by atoms with Gasteiger partial charge in [0.05, 0.1) is 26.3 Å². The van der Waals surface area contributed by atoms with Gasteiger partial charge in [-0.25, -0.2) is 0 Å². The van der Waals surface area contributed by atoms with Gasteiger partial charge in [0.15, 0.2) is 5.11 Å². The van der Waals surface area contributed by atoms with E-state index in [0.717, 1.165) is 56.4 Å². The van der Waals surface area contributed by atoms with Crippen LogP contribution in [0.3, 0.4) is 0 Å². The Hall–Kier alpha value is -2.15. The number of hydrogen-bond acceptors (Lipinski definition) is 3. The summed E-state index contributed by atoms with van der Waals surface area (Å²) in [6.07, 6.45) is 0. The van der Waals surface area contributed by atoms with Crippen LogP contribution >= 0.6 is 12.2 Å². The molecular formula is C20H26N3O2S+. The molecular weight excluding hydrogens is 346 g/mol. The van der Waals surface area contributed by atoms with Crippen LogP contribution in [-0.2, 0) is 11.3 Å². The van der Waals surface area contributed by atoms with Crippen molar-refractivity contribution in [2.45, 2.75) is 6.61 Å². The van der Waals surface area contributed by atoms with Crippen molar-refractivity contribution < 1.29 is 14.4 Å². The van der Waals surface area contributed by atoms with Crippen LogP contribution in [0.25, 0.3) is 0 Å². The van der Waals surface area contributed by atoms with Crippen LogP contribution in [0.15, 0.2) is 54.6 Å². The number of hydrogen-bond donors (Lipinski definition) is 3. The van der Waals surface area contributed by atoms with Gasteiger partial charge in [-0.1, -0.05) is 30.3 Å². The lowest BCUT2D eigenvalue weighted by atomic mass is 10.2.